The summed E-state index contributed by atoms with van der Waals surface area (Å²) in [7, 11) is 1.84. The van der Waals surface area contributed by atoms with Crippen molar-refractivity contribution in [2.24, 2.45) is 5.92 Å². The number of nitrogens with zero attached hydrogens (tertiary/aromatic N) is 1. The second-order valence-corrected chi connectivity index (χ2v) is 4.23. The minimum absolute atomic E-state index is 0.103. The number of benzene rings is 1. The zero-order chi connectivity index (χ0) is 12.8. The molecule has 1 unspecified atom stereocenters. The van der Waals surface area contributed by atoms with E-state index in [0.717, 1.165) is 6.54 Å². The maximum Gasteiger partial charge on any atom is 0.312 e. The zero-order valence-corrected chi connectivity index (χ0v) is 10.5. The van der Waals surface area contributed by atoms with Crippen molar-refractivity contribution in [1.29, 1.82) is 0 Å². The van der Waals surface area contributed by atoms with Gasteiger partial charge in [-0.15, -0.1) is 0 Å². The number of ether oxygens (including phenoxy) is 1. The Hall–Kier alpha value is -1.33. The second kappa shape index (κ2) is 6.42. The van der Waals surface area contributed by atoms with Crippen molar-refractivity contribution in [2.75, 3.05) is 20.2 Å². The summed E-state index contributed by atoms with van der Waals surface area (Å²) in [6.45, 7) is 3.14. The third-order valence-electron chi connectivity index (χ3n) is 2.21. The molecule has 0 bridgehead atoms. The van der Waals surface area contributed by atoms with Gasteiger partial charge in [-0.25, -0.2) is 0 Å². The first-order chi connectivity index (χ1) is 8.06. The Kier molecular flexibility index (Phi) is 5.18. The van der Waals surface area contributed by atoms with Crippen molar-refractivity contribution in [2.45, 2.75) is 6.92 Å². The van der Waals surface area contributed by atoms with Crippen LogP contribution in [0.4, 0.5) is 5.69 Å². The van der Waals surface area contributed by atoms with Crippen molar-refractivity contribution in [3.8, 4) is 5.75 Å². The number of nitro benzene ring substituents is 1. The van der Waals surface area contributed by atoms with E-state index in [-0.39, 0.29) is 22.4 Å². The number of nitrogens with one attached hydrogen (secondary N) is 1. The van der Waals surface area contributed by atoms with E-state index in [2.05, 4.69) is 5.32 Å². The minimum Gasteiger partial charge on any atom is -0.485 e. The van der Waals surface area contributed by atoms with Crippen molar-refractivity contribution >= 4 is 17.3 Å². The lowest BCUT2D eigenvalue weighted by Crippen LogP contribution is -2.21. The van der Waals surface area contributed by atoms with Gasteiger partial charge >= 0.3 is 5.69 Å². The van der Waals surface area contributed by atoms with E-state index < -0.39 is 4.92 Å². The molecular weight excluding hydrogens is 244 g/mol. The first-order valence-corrected chi connectivity index (χ1v) is 5.64. The molecular formula is C11H15ClN2O3. The largest absolute Gasteiger partial charge is 0.485 e. The van der Waals surface area contributed by atoms with Crippen LogP contribution in [0.5, 0.6) is 5.75 Å². The SMILES string of the molecule is CNCC(C)COc1c(Cl)cccc1[N+](=O)[O-]. The Morgan fingerprint density at radius 1 is 1.59 bits per heavy atom. The van der Waals surface area contributed by atoms with Gasteiger partial charge in [0.15, 0.2) is 0 Å². The molecule has 0 aliphatic rings. The van der Waals surface area contributed by atoms with Gasteiger partial charge in [-0.3, -0.25) is 10.1 Å². The van der Waals surface area contributed by atoms with Crippen molar-refractivity contribution in [1.82, 2.24) is 5.32 Å². The Balaban J connectivity index is 2.79. The van der Waals surface area contributed by atoms with E-state index in [1.54, 1.807) is 6.07 Å². The van der Waals surface area contributed by atoms with Crippen molar-refractivity contribution in [3.05, 3.63) is 33.3 Å². The predicted molar refractivity (Wildman–Crippen MR) is 66.7 cm³/mol. The lowest BCUT2D eigenvalue weighted by atomic mass is 10.2. The average molecular weight is 259 g/mol. The molecule has 0 radical (unpaired) electrons. The summed E-state index contributed by atoms with van der Waals surface area (Å²) in [5, 5.41) is 14.1. The van der Waals surface area contributed by atoms with Gasteiger partial charge in [0.2, 0.25) is 5.75 Å². The van der Waals surface area contributed by atoms with Crippen LogP contribution in [0, 0.1) is 16.0 Å². The Labute approximate surface area is 105 Å². The van der Waals surface area contributed by atoms with Crippen LogP contribution in [0.15, 0.2) is 18.2 Å². The molecule has 94 valence electrons. The minimum atomic E-state index is -0.496. The molecule has 0 heterocycles. The Morgan fingerprint density at radius 3 is 2.88 bits per heavy atom. The summed E-state index contributed by atoms with van der Waals surface area (Å²) in [5.41, 5.74) is -0.103. The Morgan fingerprint density at radius 2 is 2.29 bits per heavy atom. The molecule has 1 aromatic rings. The van der Waals surface area contributed by atoms with E-state index in [0.29, 0.717) is 6.61 Å². The molecule has 0 aromatic heterocycles. The van der Waals surface area contributed by atoms with E-state index in [1.807, 2.05) is 14.0 Å². The van der Waals surface area contributed by atoms with Gasteiger partial charge in [0.05, 0.1) is 16.6 Å². The number of hydrogen-bond acceptors (Lipinski definition) is 4. The third kappa shape index (κ3) is 3.87. The molecule has 6 heteroatoms. The lowest BCUT2D eigenvalue weighted by Gasteiger charge is -2.13. The molecule has 0 aliphatic carbocycles. The van der Waals surface area contributed by atoms with Crippen molar-refractivity contribution < 1.29 is 9.66 Å². The van der Waals surface area contributed by atoms with Crippen LogP contribution in [-0.4, -0.2) is 25.1 Å². The van der Waals surface area contributed by atoms with Crippen LogP contribution in [0.1, 0.15) is 6.92 Å². The van der Waals surface area contributed by atoms with Crippen LogP contribution in [-0.2, 0) is 0 Å². The second-order valence-electron chi connectivity index (χ2n) is 3.82. The van der Waals surface area contributed by atoms with Gasteiger partial charge in [0.1, 0.15) is 0 Å². The topological polar surface area (TPSA) is 64.4 Å². The fourth-order valence-corrected chi connectivity index (χ4v) is 1.64. The highest BCUT2D eigenvalue weighted by Crippen LogP contribution is 2.34. The maximum absolute atomic E-state index is 10.8. The van der Waals surface area contributed by atoms with Gasteiger partial charge in [-0.05, 0) is 13.1 Å². The number of rotatable bonds is 6. The summed E-state index contributed by atoms with van der Waals surface area (Å²) in [6, 6.07) is 4.49. The number of halogens is 1. The number of hydrogen-bond donors (Lipinski definition) is 1. The maximum atomic E-state index is 10.8. The van der Waals surface area contributed by atoms with E-state index >= 15 is 0 Å². The van der Waals surface area contributed by atoms with Gasteiger partial charge < -0.3 is 10.1 Å². The zero-order valence-electron chi connectivity index (χ0n) is 9.77. The van der Waals surface area contributed by atoms with Crippen LogP contribution in [0.3, 0.4) is 0 Å². The highest BCUT2D eigenvalue weighted by molar-refractivity contribution is 6.32. The summed E-state index contributed by atoms with van der Waals surface area (Å²) >= 11 is 5.89. The van der Waals surface area contributed by atoms with Gasteiger partial charge in [-0.2, -0.15) is 0 Å². The molecule has 0 saturated carbocycles. The summed E-state index contributed by atoms with van der Waals surface area (Å²) < 4.78 is 5.43. The third-order valence-corrected chi connectivity index (χ3v) is 2.51. The van der Waals surface area contributed by atoms with Gasteiger partial charge in [-0.1, -0.05) is 24.6 Å². The first-order valence-electron chi connectivity index (χ1n) is 5.26. The predicted octanol–water partition coefficient (Wildman–Crippen LogP) is 2.48. The monoisotopic (exact) mass is 258 g/mol. The standard InChI is InChI=1S/C11H15ClN2O3/c1-8(6-13-2)7-17-11-9(12)4-3-5-10(11)14(15)16/h3-5,8,13H,6-7H2,1-2H3. The molecule has 1 N–H and O–H groups in total. The van der Waals surface area contributed by atoms with E-state index in [1.165, 1.54) is 12.1 Å². The average Bonchev–Trinajstić information content (AvgIpc) is 2.27. The highest BCUT2D eigenvalue weighted by Gasteiger charge is 2.18. The number of nitro groups is 1. The van der Waals surface area contributed by atoms with Crippen LogP contribution < -0.4 is 10.1 Å². The molecule has 1 rings (SSSR count). The lowest BCUT2D eigenvalue weighted by molar-refractivity contribution is -0.385. The van der Waals surface area contributed by atoms with E-state index in [4.69, 9.17) is 16.3 Å². The summed E-state index contributed by atoms with van der Waals surface area (Å²) in [5.74, 6) is 0.387. The molecule has 0 amide bonds. The normalized spacial score (nSPS) is 12.2. The van der Waals surface area contributed by atoms with E-state index in [9.17, 15) is 10.1 Å². The van der Waals surface area contributed by atoms with Gasteiger partial charge in [0.25, 0.3) is 0 Å². The van der Waals surface area contributed by atoms with Crippen LogP contribution >= 0.6 is 11.6 Å². The fraction of sp³-hybridized carbons (Fsp3) is 0.455. The fourth-order valence-electron chi connectivity index (χ4n) is 1.42. The quantitative estimate of drug-likeness (QED) is 0.629. The molecule has 1 atom stereocenters. The van der Waals surface area contributed by atoms with Crippen LogP contribution in [0.2, 0.25) is 5.02 Å². The smallest absolute Gasteiger partial charge is 0.312 e. The Bertz CT molecular complexity index is 398. The molecule has 0 saturated heterocycles. The highest BCUT2D eigenvalue weighted by atomic mass is 35.5. The molecule has 17 heavy (non-hydrogen) atoms. The summed E-state index contributed by atoms with van der Waals surface area (Å²) in [4.78, 5) is 10.3. The first kappa shape index (κ1) is 13.7. The van der Waals surface area contributed by atoms with Crippen LogP contribution in [0.25, 0.3) is 0 Å². The molecule has 0 fully saturated rings. The summed E-state index contributed by atoms with van der Waals surface area (Å²) in [6.07, 6.45) is 0. The van der Waals surface area contributed by atoms with Crippen molar-refractivity contribution in [3.63, 3.8) is 0 Å². The molecule has 0 spiro atoms. The van der Waals surface area contributed by atoms with Gasteiger partial charge in [0, 0.05) is 18.5 Å². The molecule has 0 aliphatic heterocycles. The number of para-hydroxylation sites is 1. The molecule has 5 nitrogen and oxygen atoms in total. The molecule has 1 aromatic carbocycles.